The Labute approximate surface area is 127 Å². The van der Waals surface area contributed by atoms with E-state index in [4.69, 9.17) is 4.74 Å². The third-order valence-electron chi connectivity index (χ3n) is 4.25. The van der Waals surface area contributed by atoms with Gasteiger partial charge in [-0.3, -0.25) is 0 Å². The largest absolute Gasteiger partial charge is 0.497 e. The number of hydrogen-bond acceptors (Lipinski definition) is 4. The molecule has 0 saturated carbocycles. The SMILES string of the molecule is CCN1CCC(N(C)S(=O)(=O)c2ccc(OC)cc2)CC1. The summed E-state index contributed by atoms with van der Waals surface area (Å²) in [7, 11) is -0.176. The quantitative estimate of drug-likeness (QED) is 0.832. The van der Waals surface area contributed by atoms with Crippen molar-refractivity contribution in [3.8, 4) is 5.75 Å². The Morgan fingerprint density at radius 3 is 2.29 bits per heavy atom. The number of rotatable bonds is 5. The molecular weight excluding hydrogens is 288 g/mol. The first-order chi connectivity index (χ1) is 9.98. The standard InChI is InChI=1S/C15H24N2O3S/c1-4-17-11-9-13(10-12-17)16(2)21(18,19)15-7-5-14(20-3)6-8-15/h5-8,13H,4,9-12H2,1-3H3. The maximum Gasteiger partial charge on any atom is 0.243 e. The summed E-state index contributed by atoms with van der Waals surface area (Å²) < 4.78 is 31.9. The Hall–Kier alpha value is -1.11. The van der Waals surface area contributed by atoms with Crippen molar-refractivity contribution in [3.63, 3.8) is 0 Å². The molecule has 1 aromatic carbocycles. The monoisotopic (exact) mass is 312 g/mol. The molecule has 21 heavy (non-hydrogen) atoms. The second-order valence-corrected chi connectivity index (χ2v) is 7.36. The lowest BCUT2D eigenvalue weighted by Crippen LogP contribution is -2.45. The smallest absolute Gasteiger partial charge is 0.243 e. The lowest BCUT2D eigenvalue weighted by atomic mass is 10.1. The van der Waals surface area contributed by atoms with Crippen molar-refractivity contribution in [1.82, 2.24) is 9.21 Å². The van der Waals surface area contributed by atoms with Gasteiger partial charge < -0.3 is 9.64 Å². The summed E-state index contributed by atoms with van der Waals surface area (Å²) in [5.74, 6) is 0.660. The van der Waals surface area contributed by atoms with Crippen LogP contribution in [-0.4, -0.2) is 57.5 Å². The molecule has 0 unspecified atom stereocenters. The third-order valence-corrected chi connectivity index (χ3v) is 6.18. The Balaban J connectivity index is 2.11. The Kier molecular flexibility index (Phi) is 5.24. The number of benzene rings is 1. The molecule has 1 aromatic rings. The van der Waals surface area contributed by atoms with Crippen LogP contribution in [-0.2, 0) is 10.0 Å². The molecule has 2 rings (SSSR count). The highest BCUT2D eigenvalue weighted by Gasteiger charge is 2.30. The van der Waals surface area contributed by atoms with Gasteiger partial charge in [0.05, 0.1) is 12.0 Å². The molecule has 5 nitrogen and oxygen atoms in total. The highest BCUT2D eigenvalue weighted by molar-refractivity contribution is 7.89. The number of ether oxygens (including phenoxy) is 1. The zero-order valence-electron chi connectivity index (χ0n) is 12.9. The second kappa shape index (κ2) is 6.77. The molecule has 0 bridgehead atoms. The van der Waals surface area contributed by atoms with Gasteiger partial charge in [-0.15, -0.1) is 0 Å². The predicted octanol–water partition coefficient (Wildman–Crippen LogP) is 1.80. The number of piperidine rings is 1. The topological polar surface area (TPSA) is 49.9 Å². The molecule has 6 heteroatoms. The molecule has 1 saturated heterocycles. The Bertz CT molecular complexity index is 549. The van der Waals surface area contributed by atoms with Crippen LogP contribution in [0.3, 0.4) is 0 Å². The molecule has 0 aromatic heterocycles. The molecule has 0 radical (unpaired) electrons. The summed E-state index contributed by atoms with van der Waals surface area (Å²) in [5.41, 5.74) is 0. The highest BCUT2D eigenvalue weighted by atomic mass is 32.2. The van der Waals surface area contributed by atoms with Crippen molar-refractivity contribution in [1.29, 1.82) is 0 Å². The van der Waals surface area contributed by atoms with Crippen LogP contribution in [0.15, 0.2) is 29.2 Å². The van der Waals surface area contributed by atoms with Gasteiger partial charge in [0.1, 0.15) is 5.75 Å². The zero-order valence-corrected chi connectivity index (χ0v) is 13.8. The molecule has 118 valence electrons. The summed E-state index contributed by atoms with van der Waals surface area (Å²) in [4.78, 5) is 2.67. The summed E-state index contributed by atoms with van der Waals surface area (Å²) in [6.45, 7) is 5.09. The molecule has 0 amide bonds. The van der Waals surface area contributed by atoms with E-state index in [1.54, 1.807) is 38.4 Å². The van der Waals surface area contributed by atoms with Gasteiger partial charge in [-0.1, -0.05) is 6.92 Å². The normalized spacial score (nSPS) is 18.1. The number of sulfonamides is 1. The van der Waals surface area contributed by atoms with Crippen molar-refractivity contribution in [2.45, 2.75) is 30.7 Å². The number of hydrogen-bond donors (Lipinski definition) is 0. The molecule has 0 spiro atoms. The van der Waals surface area contributed by atoms with Crippen LogP contribution >= 0.6 is 0 Å². The summed E-state index contributed by atoms with van der Waals surface area (Å²) >= 11 is 0. The van der Waals surface area contributed by atoms with Crippen LogP contribution in [0.25, 0.3) is 0 Å². The molecular formula is C15H24N2O3S. The van der Waals surface area contributed by atoms with Gasteiger partial charge in [-0.2, -0.15) is 4.31 Å². The van der Waals surface area contributed by atoms with Gasteiger partial charge in [0.15, 0.2) is 0 Å². The van der Waals surface area contributed by atoms with E-state index in [9.17, 15) is 8.42 Å². The minimum atomic E-state index is -3.43. The lowest BCUT2D eigenvalue weighted by Gasteiger charge is -2.35. The van der Waals surface area contributed by atoms with Crippen molar-refractivity contribution >= 4 is 10.0 Å². The van der Waals surface area contributed by atoms with Crippen molar-refractivity contribution in [2.24, 2.45) is 0 Å². The van der Waals surface area contributed by atoms with E-state index in [1.807, 2.05) is 0 Å². The highest BCUT2D eigenvalue weighted by Crippen LogP contribution is 2.24. The van der Waals surface area contributed by atoms with E-state index >= 15 is 0 Å². The van der Waals surface area contributed by atoms with Gasteiger partial charge >= 0.3 is 0 Å². The maximum atomic E-state index is 12.7. The molecule has 1 aliphatic rings. The van der Waals surface area contributed by atoms with Gasteiger partial charge in [-0.05, 0) is 56.7 Å². The van der Waals surface area contributed by atoms with Gasteiger partial charge in [0, 0.05) is 13.1 Å². The van der Waals surface area contributed by atoms with Gasteiger partial charge in [0.2, 0.25) is 10.0 Å². The molecule has 1 heterocycles. The minimum absolute atomic E-state index is 0.0832. The molecule has 1 aliphatic heterocycles. The maximum absolute atomic E-state index is 12.7. The van der Waals surface area contributed by atoms with Crippen LogP contribution in [0, 0.1) is 0 Å². The zero-order chi connectivity index (χ0) is 15.5. The van der Waals surface area contributed by atoms with Crippen LogP contribution in [0.1, 0.15) is 19.8 Å². The van der Waals surface area contributed by atoms with E-state index in [2.05, 4.69) is 11.8 Å². The molecule has 1 fully saturated rings. The van der Waals surface area contributed by atoms with Crippen molar-refractivity contribution < 1.29 is 13.2 Å². The van der Waals surface area contributed by atoms with Gasteiger partial charge in [0.25, 0.3) is 0 Å². The van der Waals surface area contributed by atoms with Crippen LogP contribution in [0.4, 0.5) is 0 Å². The van der Waals surface area contributed by atoms with E-state index in [0.717, 1.165) is 32.5 Å². The van der Waals surface area contributed by atoms with Crippen LogP contribution in [0.5, 0.6) is 5.75 Å². The van der Waals surface area contributed by atoms with Crippen molar-refractivity contribution in [2.75, 3.05) is 33.8 Å². The van der Waals surface area contributed by atoms with Crippen LogP contribution < -0.4 is 4.74 Å². The fourth-order valence-electron chi connectivity index (χ4n) is 2.71. The fraction of sp³-hybridized carbons (Fsp3) is 0.600. The summed E-state index contributed by atoms with van der Waals surface area (Å²) in [6.07, 6.45) is 1.78. The van der Waals surface area contributed by atoms with E-state index in [1.165, 1.54) is 4.31 Å². The minimum Gasteiger partial charge on any atom is -0.497 e. The predicted molar refractivity (Wildman–Crippen MR) is 83.1 cm³/mol. The van der Waals surface area contributed by atoms with Crippen LogP contribution in [0.2, 0.25) is 0 Å². The van der Waals surface area contributed by atoms with E-state index < -0.39 is 10.0 Å². The average molecular weight is 312 g/mol. The summed E-state index contributed by atoms with van der Waals surface area (Å²) in [6, 6.07) is 6.65. The van der Waals surface area contributed by atoms with Gasteiger partial charge in [-0.25, -0.2) is 8.42 Å². The number of likely N-dealkylation sites (tertiary alicyclic amines) is 1. The Morgan fingerprint density at radius 2 is 1.81 bits per heavy atom. The third kappa shape index (κ3) is 3.56. The molecule has 0 aliphatic carbocycles. The molecule has 0 N–H and O–H groups in total. The average Bonchev–Trinajstić information content (AvgIpc) is 2.54. The first-order valence-corrected chi connectivity index (χ1v) is 8.77. The van der Waals surface area contributed by atoms with Crippen molar-refractivity contribution in [3.05, 3.63) is 24.3 Å². The molecule has 0 atom stereocenters. The number of nitrogens with zero attached hydrogens (tertiary/aromatic N) is 2. The first-order valence-electron chi connectivity index (χ1n) is 7.33. The first kappa shape index (κ1) is 16.3. The van der Waals surface area contributed by atoms with E-state index in [-0.39, 0.29) is 6.04 Å². The summed E-state index contributed by atoms with van der Waals surface area (Å²) in [5, 5.41) is 0. The fourth-order valence-corrected chi connectivity index (χ4v) is 4.13. The Morgan fingerprint density at radius 1 is 1.24 bits per heavy atom. The second-order valence-electron chi connectivity index (χ2n) is 5.36. The lowest BCUT2D eigenvalue weighted by molar-refractivity contribution is 0.176. The number of methoxy groups -OCH3 is 1. The van der Waals surface area contributed by atoms with E-state index in [0.29, 0.717) is 10.6 Å².